The van der Waals surface area contributed by atoms with E-state index in [0.717, 1.165) is 0 Å². The molecule has 5 heteroatoms. The van der Waals surface area contributed by atoms with Gasteiger partial charge in [0.1, 0.15) is 0 Å². The molecule has 0 radical (unpaired) electrons. The van der Waals surface area contributed by atoms with Gasteiger partial charge in [-0.05, 0) is 6.92 Å². The van der Waals surface area contributed by atoms with Crippen molar-refractivity contribution < 1.29 is 23.8 Å². The fourth-order valence-electron chi connectivity index (χ4n) is 3.99. The zero-order chi connectivity index (χ0) is 14.5. The van der Waals surface area contributed by atoms with Gasteiger partial charge in [-0.1, -0.05) is 24.3 Å². The largest absolute Gasteiger partial charge is 0.468 e. The second-order valence-electron chi connectivity index (χ2n) is 5.47. The van der Waals surface area contributed by atoms with E-state index in [9.17, 15) is 9.59 Å². The molecule has 1 aliphatic heterocycles. The first-order valence-corrected chi connectivity index (χ1v) is 6.73. The average molecular weight is 278 g/mol. The van der Waals surface area contributed by atoms with Crippen molar-refractivity contribution in [2.45, 2.75) is 12.7 Å². The number of ketones is 1. The van der Waals surface area contributed by atoms with Crippen LogP contribution >= 0.6 is 0 Å². The quantitative estimate of drug-likeness (QED) is 0.439. The molecule has 5 nitrogen and oxygen atoms in total. The molecule has 4 aliphatic rings. The van der Waals surface area contributed by atoms with Crippen molar-refractivity contribution in [3.05, 3.63) is 24.3 Å². The zero-order valence-electron chi connectivity index (χ0n) is 11.8. The summed E-state index contributed by atoms with van der Waals surface area (Å²) in [5.41, 5.74) is -1.33. The molecule has 1 saturated carbocycles. The molecule has 5 atom stereocenters. The molecule has 0 unspecified atom stereocenters. The molecule has 0 spiro atoms. The highest BCUT2D eigenvalue weighted by atomic mass is 16.7. The van der Waals surface area contributed by atoms with Gasteiger partial charge < -0.3 is 14.2 Å². The highest BCUT2D eigenvalue weighted by Gasteiger charge is 2.74. The van der Waals surface area contributed by atoms with Crippen molar-refractivity contribution >= 4 is 11.8 Å². The summed E-state index contributed by atoms with van der Waals surface area (Å²) < 4.78 is 16.0. The molecule has 108 valence electrons. The second kappa shape index (κ2) is 4.27. The summed E-state index contributed by atoms with van der Waals surface area (Å²) in [4.78, 5) is 25.3. The number of esters is 1. The fraction of sp³-hybridized carbons (Fsp3) is 0.600. The minimum atomic E-state index is -1.33. The van der Waals surface area contributed by atoms with Crippen molar-refractivity contribution in [3.63, 3.8) is 0 Å². The fourth-order valence-corrected chi connectivity index (χ4v) is 3.99. The second-order valence-corrected chi connectivity index (χ2v) is 5.47. The third-order valence-corrected chi connectivity index (χ3v) is 4.86. The van der Waals surface area contributed by atoms with Crippen LogP contribution < -0.4 is 0 Å². The van der Waals surface area contributed by atoms with E-state index >= 15 is 0 Å². The van der Waals surface area contributed by atoms with E-state index in [1.807, 2.05) is 25.2 Å². The number of ether oxygens (including phenoxy) is 3. The van der Waals surface area contributed by atoms with E-state index in [2.05, 4.69) is 0 Å². The maximum atomic E-state index is 13.0. The van der Waals surface area contributed by atoms with Gasteiger partial charge in [-0.2, -0.15) is 0 Å². The van der Waals surface area contributed by atoms with Gasteiger partial charge in [0.15, 0.2) is 5.41 Å². The van der Waals surface area contributed by atoms with E-state index in [-0.39, 0.29) is 23.5 Å². The van der Waals surface area contributed by atoms with Crippen molar-refractivity contribution in [2.24, 2.45) is 23.2 Å². The molecule has 0 aromatic carbocycles. The predicted octanol–water partition coefficient (Wildman–Crippen LogP) is 1.10. The Kier molecular flexibility index (Phi) is 2.88. The standard InChI is InChI=1S/C15H18O5/c1-4-5-10-9-8-20-15(19-3)11(9)6-7-14(10,12(15)16)13(17)18-2/h4-7,9-11H,8H2,1-3H3/b5-4+/t9-,10-,11+,14+,15-/m1/s1. The Morgan fingerprint density at radius 3 is 2.85 bits per heavy atom. The lowest BCUT2D eigenvalue weighted by Crippen LogP contribution is -2.65. The van der Waals surface area contributed by atoms with Crippen molar-refractivity contribution in [1.29, 1.82) is 0 Å². The molecule has 4 rings (SSSR count). The Labute approximate surface area is 117 Å². The van der Waals surface area contributed by atoms with Crippen LogP contribution in [0, 0.1) is 23.2 Å². The molecular weight excluding hydrogens is 260 g/mol. The summed E-state index contributed by atoms with van der Waals surface area (Å²) in [7, 11) is 2.75. The molecule has 1 saturated heterocycles. The smallest absolute Gasteiger partial charge is 0.324 e. The predicted molar refractivity (Wildman–Crippen MR) is 69.6 cm³/mol. The van der Waals surface area contributed by atoms with E-state index in [4.69, 9.17) is 14.2 Å². The molecule has 0 N–H and O–H groups in total. The SMILES string of the molecule is C/C=C/[C@@H]1[C@H]2CO[C@@]3(OC)C(=O)[C@]1(C(=O)OC)C=C[C@@H]23. The maximum absolute atomic E-state index is 13.0. The number of Topliss-reactive ketones (excluding diaryl/α,β-unsaturated/α-hetero) is 1. The van der Waals surface area contributed by atoms with E-state index < -0.39 is 17.2 Å². The summed E-state index contributed by atoms with van der Waals surface area (Å²) in [5, 5.41) is 0. The molecule has 2 fully saturated rings. The van der Waals surface area contributed by atoms with Crippen LogP contribution in [0.3, 0.4) is 0 Å². The van der Waals surface area contributed by atoms with Crippen LogP contribution in [0.1, 0.15) is 6.92 Å². The van der Waals surface area contributed by atoms with E-state index in [1.54, 1.807) is 6.08 Å². The number of hydrogen-bond donors (Lipinski definition) is 0. The molecule has 1 heterocycles. The topological polar surface area (TPSA) is 61.8 Å². The lowest BCUT2D eigenvalue weighted by Gasteiger charge is -2.50. The Balaban J connectivity index is 2.22. The third kappa shape index (κ3) is 1.25. The number of hydrogen-bond acceptors (Lipinski definition) is 5. The molecule has 3 aliphatic carbocycles. The molecule has 4 bridgehead atoms. The first-order valence-electron chi connectivity index (χ1n) is 6.73. The zero-order valence-corrected chi connectivity index (χ0v) is 11.8. The number of methoxy groups -OCH3 is 2. The average Bonchev–Trinajstić information content (AvgIpc) is 2.83. The first-order chi connectivity index (χ1) is 9.58. The van der Waals surface area contributed by atoms with Crippen molar-refractivity contribution in [1.82, 2.24) is 0 Å². The van der Waals surface area contributed by atoms with E-state index in [1.165, 1.54) is 14.2 Å². The van der Waals surface area contributed by atoms with E-state index in [0.29, 0.717) is 6.61 Å². The Morgan fingerprint density at radius 1 is 1.50 bits per heavy atom. The van der Waals surface area contributed by atoms with Gasteiger partial charge in [0.05, 0.1) is 13.7 Å². The Morgan fingerprint density at radius 2 is 2.25 bits per heavy atom. The molecule has 0 aromatic heterocycles. The number of carbonyl (C=O) groups excluding carboxylic acids is 2. The van der Waals surface area contributed by atoms with Crippen LogP contribution in [-0.4, -0.2) is 38.4 Å². The summed E-state index contributed by atoms with van der Waals surface area (Å²) in [6, 6.07) is 0. The Hall–Kier alpha value is -1.46. The molecule has 20 heavy (non-hydrogen) atoms. The van der Waals surface area contributed by atoms with Crippen LogP contribution in [0.4, 0.5) is 0 Å². The Bertz CT molecular complexity index is 522. The van der Waals surface area contributed by atoms with Gasteiger partial charge in [-0.25, -0.2) is 0 Å². The maximum Gasteiger partial charge on any atom is 0.324 e. The van der Waals surface area contributed by atoms with Crippen molar-refractivity contribution in [2.75, 3.05) is 20.8 Å². The minimum absolute atomic E-state index is 0.0490. The van der Waals surface area contributed by atoms with Crippen LogP contribution in [0.5, 0.6) is 0 Å². The summed E-state index contributed by atoms with van der Waals surface area (Å²) in [5.74, 6) is -2.55. The summed E-state index contributed by atoms with van der Waals surface area (Å²) >= 11 is 0. The number of allylic oxidation sites excluding steroid dienone is 2. The normalized spacial score (nSPS) is 45.4. The highest BCUT2D eigenvalue weighted by Crippen LogP contribution is 2.60. The van der Waals surface area contributed by atoms with Gasteiger partial charge in [0, 0.05) is 24.9 Å². The first kappa shape index (κ1) is 13.5. The minimum Gasteiger partial charge on any atom is -0.468 e. The lowest BCUT2D eigenvalue weighted by atomic mass is 9.52. The van der Waals surface area contributed by atoms with Gasteiger partial charge >= 0.3 is 5.97 Å². The molecular formula is C15H18O5. The molecule has 0 amide bonds. The highest BCUT2D eigenvalue weighted by molar-refractivity contribution is 6.12. The van der Waals surface area contributed by atoms with Crippen molar-refractivity contribution in [3.8, 4) is 0 Å². The summed E-state index contributed by atoms with van der Waals surface area (Å²) in [6.45, 7) is 2.28. The molecule has 0 aromatic rings. The lowest BCUT2D eigenvalue weighted by molar-refractivity contribution is -0.224. The van der Waals surface area contributed by atoms with Gasteiger partial charge in [0.2, 0.25) is 11.6 Å². The van der Waals surface area contributed by atoms with Gasteiger partial charge in [0.25, 0.3) is 0 Å². The number of carbonyl (C=O) groups is 2. The van der Waals surface area contributed by atoms with Crippen LogP contribution in [0.2, 0.25) is 0 Å². The summed E-state index contributed by atoms with van der Waals surface area (Å²) in [6.07, 6.45) is 7.33. The van der Waals surface area contributed by atoms with Gasteiger partial charge in [-0.15, -0.1) is 0 Å². The monoisotopic (exact) mass is 278 g/mol. The van der Waals surface area contributed by atoms with Crippen LogP contribution in [-0.2, 0) is 23.8 Å². The third-order valence-electron chi connectivity index (χ3n) is 4.86. The van der Waals surface area contributed by atoms with Crippen LogP contribution in [0.25, 0.3) is 0 Å². The van der Waals surface area contributed by atoms with Gasteiger partial charge in [-0.3, -0.25) is 9.59 Å². The van der Waals surface area contributed by atoms with Crippen LogP contribution in [0.15, 0.2) is 24.3 Å². The number of rotatable bonds is 3.